The van der Waals surface area contributed by atoms with Crippen molar-refractivity contribution in [2.45, 2.75) is 12.3 Å². The summed E-state index contributed by atoms with van der Waals surface area (Å²) in [5, 5.41) is 19.7. The van der Waals surface area contributed by atoms with Crippen LogP contribution in [-0.4, -0.2) is 38.1 Å². The number of aromatic hydroxyl groups is 2. The summed E-state index contributed by atoms with van der Waals surface area (Å²) in [5.41, 5.74) is 1.77. The third-order valence-electron chi connectivity index (χ3n) is 4.21. The molecule has 0 spiro atoms. The second kappa shape index (κ2) is 6.39. The highest BCUT2D eigenvalue weighted by atomic mass is 16.5. The summed E-state index contributed by atoms with van der Waals surface area (Å²) >= 11 is 0. The van der Waals surface area contributed by atoms with Crippen LogP contribution in [0.5, 0.6) is 34.5 Å². The molecule has 0 unspecified atom stereocenters. The van der Waals surface area contributed by atoms with Crippen LogP contribution in [-0.2, 0) is 6.42 Å². The van der Waals surface area contributed by atoms with Crippen molar-refractivity contribution in [3.63, 3.8) is 0 Å². The van der Waals surface area contributed by atoms with E-state index in [0.717, 1.165) is 11.1 Å². The van der Waals surface area contributed by atoms with Crippen molar-refractivity contribution >= 4 is 0 Å². The Morgan fingerprint density at radius 1 is 1.00 bits per heavy atom. The molecule has 1 aliphatic rings. The summed E-state index contributed by atoms with van der Waals surface area (Å²) in [6.07, 6.45) is 0.691. The zero-order valence-corrected chi connectivity index (χ0v) is 13.8. The maximum Gasteiger partial charge on any atom is 0.203 e. The van der Waals surface area contributed by atoms with Gasteiger partial charge >= 0.3 is 0 Å². The molecule has 6 heteroatoms. The minimum atomic E-state index is -0.0444. The largest absolute Gasteiger partial charge is 0.508 e. The first-order valence-corrected chi connectivity index (χ1v) is 7.55. The van der Waals surface area contributed by atoms with Crippen LogP contribution in [0.4, 0.5) is 0 Å². The summed E-state index contributed by atoms with van der Waals surface area (Å²) in [6.45, 7) is 0.400. The van der Waals surface area contributed by atoms with Crippen LogP contribution in [0.3, 0.4) is 0 Å². The van der Waals surface area contributed by atoms with E-state index in [1.54, 1.807) is 19.2 Å². The van der Waals surface area contributed by atoms with Crippen molar-refractivity contribution in [1.82, 2.24) is 0 Å². The van der Waals surface area contributed by atoms with Crippen LogP contribution in [0.15, 0.2) is 24.3 Å². The lowest BCUT2D eigenvalue weighted by Gasteiger charge is -2.28. The first kappa shape index (κ1) is 16.1. The van der Waals surface area contributed by atoms with Crippen molar-refractivity contribution in [3.05, 3.63) is 35.4 Å². The van der Waals surface area contributed by atoms with Gasteiger partial charge in [-0.1, -0.05) is 6.07 Å². The van der Waals surface area contributed by atoms with E-state index in [9.17, 15) is 10.2 Å². The molecule has 0 amide bonds. The highest BCUT2D eigenvalue weighted by Crippen LogP contribution is 2.49. The summed E-state index contributed by atoms with van der Waals surface area (Å²) in [4.78, 5) is 0. The molecule has 0 aliphatic carbocycles. The summed E-state index contributed by atoms with van der Waals surface area (Å²) in [6, 6.07) is 6.60. The lowest BCUT2D eigenvalue weighted by atomic mass is 9.88. The van der Waals surface area contributed by atoms with Crippen molar-refractivity contribution in [2.75, 3.05) is 27.9 Å². The van der Waals surface area contributed by atoms with Crippen LogP contribution >= 0.6 is 0 Å². The monoisotopic (exact) mass is 332 g/mol. The molecular weight excluding hydrogens is 312 g/mol. The highest BCUT2D eigenvalue weighted by molar-refractivity contribution is 5.63. The number of phenols is 2. The molecule has 3 rings (SSSR count). The molecule has 128 valence electrons. The molecular formula is C18H20O6. The molecule has 0 saturated carbocycles. The molecule has 2 aromatic rings. The molecule has 1 atom stereocenters. The van der Waals surface area contributed by atoms with E-state index < -0.39 is 0 Å². The van der Waals surface area contributed by atoms with E-state index in [2.05, 4.69) is 0 Å². The van der Waals surface area contributed by atoms with Gasteiger partial charge in [0.05, 0.1) is 27.9 Å². The molecule has 0 bridgehead atoms. The van der Waals surface area contributed by atoms with E-state index in [-0.39, 0.29) is 23.2 Å². The third kappa shape index (κ3) is 2.64. The zero-order chi connectivity index (χ0) is 17.3. The van der Waals surface area contributed by atoms with Crippen molar-refractivity contribution in [1.29, 1.82) is 0 Å². The molecule has 0 aromatic heterocycles. The lowest BCUT2D eigenvalue weighted by molar-refractivity contribution is 0.251. The molecule has 1 aliphatic heterocycles. The number of fused-ring (bicyclic) bond motifs is 1. The van der Waals surface area contributed by atoms with E-state index in [0.29, 0.717) is 30.3 Å². The number of ether oxygens (including phenoxy) is 4. The quantitative estimate of drug-likeness (QED) is 0.896. The number of phenolic OH excluding ortho intramolecular Hbond substituents is 2. The molecule has 24 heavy (non-hydrogen) atoms. The number of hydrogen-bond acceptors (Lipinski definition) is 6. The molecule has 0 radical (unpaired) electrons. The molecule has 6 nitrogen and oxygen atoms in total. The van der Waals surface area contributed by atoms with E-state index in [1.165, 1.54) is 20.3 Å². The topological polar surface area (TPSA) is 77.4 Å². The normalized spacial score (nSPS) is 16.0. The van der Waals surface area contributed by atoms with Crippen LogP contribution in [0.2, 0.25) is 0 Å². The fourth-order valence-electron chi connectivity index (χ4n) is 3.12. The summed E-state index contributed by atoms with van der Waals surface area (Å²) in [5.74, 6) is 1.98. The predicted octanol–water partition coefficient (Wildman–Crippen LogP) is 2.84. The predicted molar refractivity (Wildman–Crippen MR) is 87.8 cm³/mol. The van der Waals surface area contributed by atoms with Gasteiger partial charge in [0.2, 0.25) is 5.75 Å². The van der Waals surface area contributed by atoms with Gasteiger partial charge in [0.25, 0.3) is 0 Å². The number of methoxy groups -OCH3 is 3. The van der Waals surface area contributed by atoms with Gasteiger partial charge in [0.15, 0.2) is 11.5 Å². The Balaban J connectivity index is 2.07. The van der Waals surface area contributed by atoms with E-state index in [4.69, 9.17) is 18.9 Å². The summed E-state index contributed by atoms with van der Waals surface area (Å²) in [7, 11) is 4.54. The van der Waals surface area contributed by atoms with Gasteiger partial charge in [-0.2, -0.15) is 0 Å². The maximum absolute atomic E-state index is 10.1. The Morgan fingerprint density at radius 3 is 2.42 bits per heavy atom. The van der Waals surface area contributed by atoms with Gasteiger partial charge in [0.1, 0.15) is 17.2 Å². The van der Waals surface area contributed by atoms with Gasteiger partial charge in [-0.25, -0.2) is 0 Å². The van der Waals surface area contributed by atoms with Gasteiger partial charge < -0.3 is 29.2 Å². The van der Waals surface area contributed by atoms with E-state index >= 15 is 0 Å². The molecule has 1 heterocycles. The molecule has 0 saturated heterocycles. The lowest BCUT2D eigenvalue weighted by Crippen LogP contribution is -2.20. The number of hydrogen-bond donors (Lipinski definition) is 2. The maximum atomic E-state index is 10.1. The second-order valence-electron chi connectivity index (χ2n) is 5.58. The minimum Gasteiger partial charge on any atom is -0.508 e. The fraction of sp³-hybridized carbons (Fsp3) is 0.333. The first-order valence-electron chi connectivity index (χ1n) is 7.55. The average molecular weight is 332 g/mol. The smallest absolute Gasteiger partial charge is 0.203 e. The number of benzene rings is 2. The molecule has 0 fully saturated rings. The highest BCUT2D eigenvalue weighted by Gasteiger charge is 2.30. The van der Waals surface area contributed by atoms with Crippen molar-refractivity contribution in [3.8, 4) is 34.5 Å². The Kier molecular flexibility index (Phi) is 4.29. The van der Waals surface area contributed by atoms with Crippen molar-refractivity contribution < 1.29 is 29.2 Å². The van der Waals surface area contributed by atoms with Crippen LogP contribution in [0, 0.1) is 0 Å². The van der Waals surface area contributed by atoms with Crippen LogP contribution in [0.1, 0.15) is 17.0 Å². The Morgan fingerprint density at radius 2 is 1.75 bits per heavy atom. The zero-order valence-electron chi connectivity index (χ0n) is 13.8. The first-order chi connectivity index (χ1) is 11.6. The second-order valence-corrected chi connectivity index (χ2v) is 5.58. The SMILES string of the molecule is COc1cc(O)c(OC)c(OC)c1[C@@H]1COc2cc(O)ccc2C1. The van der Waals surface area contributed by atoms with E-state index in [1.807, 2.05) is 6.07 Å². The van der Waals surface area contributed by atoms with Gasteiger partial charge in [0, 0.05) is 23.6 Å². The minimum absolute atomic E-state index is 0.0403. The van der Waals surface area contributed by atoms with Crippen molar-refractivity contribution in [2.24, 2.45) is 0 Å². The fourth-order valence-corrected chi connectivity index (χ4v) is 3.12. The van der Waals surface area contributed by atoms with Crippen LogP contribution in [0.25, 0.3) is 0 Å². The number of rotatable bonds is 4. The molecule has 2 aromatic carbocycles. The molecule has 2 N–H and O–H groups in total. The van der Waals surface area contributed by atoms with Gasteiger partial charge in [-0.15, -0.1) is 0 Å². The third-order valence-corrected chi connectivity index (χ3v) is 4.21. The Hall–Kier alpha value is -2.76. The average Bonchev–Trinajstić information content (AvgIpc) is 2.60. The standard InChI is InChI=1S/C18H20O6/c1-21-15-8-13(20)17(22-2)18(23-3)16(15)11-6-10-4-5-12(19)7-14(10)24-9-11/h4-5,7-8,11,19-20H,6,9H2,1-3H3/t11-/m0/s1. The van der Waals surface area contributed by atoms with Gasteiger partial charge in [-0.05, 0) is 18.1 Å². The Labute approximate surface area is 140 Å². The Bertz CT molecular complexity index is 756. The van der Waals surface area contributed by atoms with Gasteiger partial charge in [-0.3, -0.25) is 0 Å². The van der Waals surface area contributed by atoms with Crippen LogP contribution < -0.4 is 18.9 Å². The summed E-state index contributed by atoms with van der Waals surface area (Å²) < 4.78 is 22.0.